The van der Waals surface area contributed by atoms with Crippen molar-refractivity contribution in [3.8, 4) is 16.5 Å². The number of carbonyl (C=O) groups is 1. The second-order valence-corrected chi connectivity index (χ2v) is 12.8. The highest BCUT2D eigenvalue weighted by atomic mass is 32.1. The minimum absolute atomic E-state index is 0.0134. The van der Waals surface area contributed by atoms with Gasteiger partial charge in [-0.2, -0.15) is 0 Å². The summed E-state index contributed by atoms with van der Waals surface area (Å²) in [5, 5.41) is 13.7. The van der Waals surface area contributed by atoms with Crippen LogP contribution in [0.1, 0.15) is 51.3 Å². The number of aryl methyl sites for hydroxylation is 1. The highest BCUT2D eigenvalue weighted by Gasteiger charge is 2.36. The topological polar surface area (TPSA) is 138 Å². The maximum Gasteiger partial charge on any atom is 0.333 e. The fourth-order valence-electron chi connectivity index (χ4n) is 5.89. The number of carboxylic acid groups (broad SMARTS) is 1. The fraction of sp³-hybridized carbons (Fsp3) is 0.484. The second kappa shape index (κ2) is 12.1. The smallest absolute Gasteiger partial charge is 0.333 e. The Balaban J connectivity index is 1.70. The number of hydrogen-bond donors (Lipinski definition) is 2. The van der Waals surface area contributed by atoms with Gasteiger partial charge in [-0.3, -0.25) is 9.36 Å². The molecule has 12 heteroatoms. The number of methoxy groups -OCH3 is 1. The van der Waals surface area contributed by atoms with Crippen LogP contribution in [0.15, 0.2) is 50.7 Å². The van der Waals surface area contributed by atoms with Crippen LogP contribution in [0.2, 0.25) is 0 Å². The van der Waals surface area contributed by atoms with E-state index in [1.54, 1.807) is 14.0 Å². The van der Waals surface area contributed by atoms with E-state index in [9.17, 15) is 19.5 Å². The Bertz CT molecular complexity index is 1740. The lowest BCUT2D eigenvalue weighted by Crippen LogP contribution is -2.52. The number of rotatable bonds is 11. The first-order valence-electron chi connectivity index (χ1n) is 14.4. The molecule has 1 aromatic carbocycles. The molecule has 0 saturated carbocycles. The third kappa shape index (κ3) is 5.66. The van der Waals surface area contributed by atoms with Crippen LogP contribution in [0.5, 0.6) is 5.75 Å². The van der Waals surface area contributed by atoms with E-state index in [1.165, 1.54) is 42.2 Å². The molecule has 0 radical (unpaired) electrons. The zero-order valence-corrected chi connectivity index (χ0v) is 26.1. The minimum atomic E-state index is -1.82. The average molecular weight is 611 g/mol. The van der Waals surface area contributed by atoms with Gasteiger partial charge in [0.1, 0.15) is 28.5 Å². The molecule has 0 aliphatic carbocycles. The lowest BCUT2D eigenvalue weighted by Gasteiger charge is -2.28. The number of para-hydroxylation sites is 1. The number of nitrogens with one attached hydrogen (secondary N) is 1. The fourth-order valence-corrected chi connectivity index (χ4v) is 7.13. The van der Waals surface area contributed by atoms with Crippen molar-refractivity contribution >= 4 is 27.5 Å². The van der Waals surface area contributed by atoms with Crippen LogP contribution in [0.3, 0.4) is 0 Å². The first-order chi connectivity index (χ1) is 20.4. The van der Waals surface area contributed by atoms with E-state index in [1.807, 2.05) is 31.2 Å². The maximum absolute atomic E-state index is 14.2. The predicted molar refractivity (Wildman–Crippen MR) is 164 cm³/mol. The maximum atomic E-state index is 14.2. The van der Waals surface area contributed by atoms with Crippen molar-refractivity contribution in [3.05, 3.63) is 68.7 Å². The van der Waals surface area contributed by atoms with Crippen molar-refractivity contribution in [2.75, 3.05) is 20.2 Å². The number of carboxylic acids is 1. The Labute approximate surface area is 253 Å². The monoisotopic (exact) mass is 610 g/mol. The molecule has 4 atom stereocenters. The average Bonchev–Trinajstić information content (AvgIpc) is 3.71. The molecule has 43 heavy (non-hydrogen) atoms. The Hall–Kier alpha value is -3.74. The van der Waals surface area contributed by atoms with Crippen molar-refractivity contribution < 1.29 is 23.8 Å². The minimum Gasteiger partial charge on any atom is -0.496 e. The molecule has 230 valence electrons. The van der Waals surface area contributed by atoms with Gasteiger partial charge in [-0.05, 0) is 70.7 Å². The summed E-state index contributed by atoms with van der Waals surface area (Å²) in [5.74, 6) is 0.573. The summed E-state index contributed by atoms with van der Waals surface area (Å²) in [6, 6.07) is 7.47. The summed E-state index contributed by atoms with van der Waals surface area (Å²) in [7, 11) is 1.58. The van der Waals surface area contributed by atoms with Crippen LogP contribution in [-0.2, 0) is 21.6 Å². The molecule has 11 nitrogen and oxygen atoms in total. The van der Waals surface area contributed by atoms with Gasteiger partial charge in [-0.25, -0.2) is 19.1 Å². The summed E-state index contributed by atoms with van der Waals surface area (Å²) >= 11 is 1.21. The Morgan fingerprint density at radius 2 is 2.02 bits per heavy atom. The van der Waals surface area contributed by atoms with E-state index in [4.69, 9.17) is 13.9 Å². The van der Waals surface area contributed by atoms with Crippen LogP contribution in [0.25, 0.3) is 21.0 Å². The van der Waals surface area contributed by atoms with E-state index in [0.717, 1.165) is 29.6 Å². The molecule has 2 N–H and O–H groups in total. The molecule has 1 aliphatic rings. The Kier molecular flexibility index (Phi) is 8.64. The van der Waals surface area contributed by atoms with Crippen molar-refractivity contribution in [2.24, 2.45) is 11.8 Å². The SMILES string of the molecule is COc1ccccc1C(Cn1c(=O)n(C(C)(C)C(=O)O)c(=O)c2c(C)c(-c3ncco3)sc21)OC(C)C[C@@H]1CNCC1C. The molecular formula is C31H38N4O7S. The van der Waals surface area contributed by atoms with Gasteiger partial charge in [0.25, 0.3) is 5.56 Å². The van der Waals surface area contributed by atoms with Gasteiger partial charge in [0.2, 0.25) is 5.89 Å². The van der Waals surface area contributed by atoms with Crippen molar-refractivity contribution in [1.82, 2.24) is 19.4 Å². The molecular weight excluding hydrogens is 572 g/mol. The molecule has 1 aliphatic heterocycles. The number of hydrogen-bond acceptors (Lipinski definition) is 9. The van der Waals surface area contributed by atoms with Gasteiger partial charge < -0.3 is 24.3 Å². The number of oxazole rings is 1. The number of benzene rings is 1. The molecule has 4 heterocycles. The van der Waals surface area contributed by atoms with Crippen molar-refractivity contribution in [3.63, 3.8) is 0 Å². The predicted octanol–water partition coefficient (Wildman–Crippen LogP) is 4.41. The summed E-state index contributed by atoms with van der Waals surface area (Å²) in [4.78, 5) is 45.7. The zero-order chi connectivity index (χ0) is 31.1. The van der Waals surface area contributed by atoms with Gasteiger partial charge in [-0.15, -0.1) is 11.3 Å². The third-order valence-electron chi connectivity index (χ3n) is 8.46. The number of aromatic nitrogens is 3. The van der Waals surface area contributed by atoms with E-state index in [0.29, 0.717) is 38.7 Å². The summed E-state index contributed by atoms with van der Waals surface area (Å²) < 4.78 is 20.2. The van der Waals surface area contributed by atoms with Crippen LogP contribution >= 0.6 is 11.3 Å². The van der Waals surface area contributed by atoms with Crippen LogP contribution < -0.4 is 21.3 Å². The molecule has 4 aromatic rings. The van der Waals surface area contributed by atoms with Crippen LogP contribution in [0.4, 0.5) is 0 Å². The number of fused-ring (bicyclic) bond motifs is 1. The van der Waals surface area contributed by atoms with Gasteiger partial charge in [0, 0.05) is 5.56 Å². The molecule has 1 saturated heterocycles. The summed E-state index contributed by atoms with van der Waals surface area (Å²) in [5.41, 5.74) is -1.94. The molecule has 0 bridgehead atoms. The number of aliphatic carboxylic acids is 1. The summed E-state index contributed by atoms with van der Waals surface area (Å²) in [6.45, 7) is 10.6. The number of nitrogens with zero attached hydrogens (tertiary/aromatic N) is 3. The van der Waals surface area contributed by atoms with Crippen molar-refractivity contribution in [1.29, 1.82) is 0 Å². The number of ether oxygens (including phenoxy) is 2. The van der Waals surface area contributed by atoms with Crippen LogP contribution in [0, 0.1) is 18.8 Å². The summed E-state index contributed by atoms with van der Waals surface area (Å²) in [6.07, 6.45) is 2.95. The standard InChI is InChI=1S/C31H38N4O7S/c1-17-14-32-15-20(17)13-18(2)42-23(21-9-7-8-10-22(21)40-6)16-34-28-24(19(3)25(43-28)26-33-11-12-41-26)27(36)35(30(34)39)31(4,5)29(37)38/h7-12,17-18,20,23,32H,13-16H2,1-6H3,(H,37,38)/t17?,18?,20-,23?/m1/s1. The largest absolute Gasteiger partial charge is 0.496 e. The van der Waals surface area contributed by atoms with E-state index in [2.05, 4.69) is 17.2 Å². The molecule has 3 aromatic heterocycles. The van der Waals surface area contributed by atoms with Crippen molar-refractivity contribution in [2.45, 2.75) is 65.3 Å². The molecule has 0 amide bonds. The van der Waals surface area contributed by atoms with Gasteiger partial charge in [0.15, 0.2) is 0 Å². The van der Waals surface area contributed by atoms with Gasteiger partial charge in [-0.1, -0.05) is 25.1 Å². The lowest BCUT2D eigenvalue weighted by molar-refractivity contribution is -0.146. The highest BCUT2D eigenvalue weighted by molar-refractivity contribution is 7.22. The number of thiophene rings is 1. The first-order valence-corrected chi connectivity index (χ1v) is 15.2. The molecule has 0 spiro atoms. The normalized spacial score (nSPS) is 18.7. The second-order valence-electron chi connectivity index (χ2n) is 11.8. The van der Waals surface area contributed by atoms with Gasteiger partial charge >= 0.3 is 11.7 Å². The highest BCUT2D eigenvalue weighted by Crippen LogP contribution is 2.38. The Morgan fingerprint density at radius 3 is 2.65 bits per heavy atom. The van der Waals surface area contributed by atoms with E-state index < -0.39 is 28.9 Å². The van der Waals surface area contributed by atoms with E-state index in [-0.39, 0.29) is 18.0 Å². The third-order valence-corrected chi connectivity index (χ3v) is 9.77. The first kappa shape index (κ1) is 30.7. The van der Waals surface area contributed by atoms with E-state index >= 15 is 0 Å². The Morgan fingerprint density at radius 1 is 1.28 bits per heavy atom. The molecule has 1 fully saturated rings. The molecule has 3 unspecified atom stereocenters. The van der Waals surface area contributed by atoms with Gasteiger partial charge in [0.05, 0.1) is 36.2 Å². The lowest BCUT2D eigenvalue weighted by atomic mass is 9.92. The molecule has 5 rings (SSSR count). The quantitative estimate of drug-likeness (QED) is 0.253. The zero-order valence-electron chi connectivity index (χ0n) is 25.2. The van der Waals surface area contributed by atoms with Crippen LogP contribution in [-0.4, -0.2) is 51.5 Å².